The minimum atomic E-state index is -0.708. The third kappa shape index (κ3) is 1.89. The van der Waals surface area contributed by atoms with Gasteiger partial charge in [0.2, 0.25) is 0 Å². The number of carbonyl (C=O) groups is 1. The van der Waals surface area contributed by atoms with Crippen LogP contribution in [0.4, 0.5) is 9.18 Å². The van der Waals surface area contributed by atoms with Gasteiger partial charge in [-0.2, -0.15) is 4.99 Å². The van der Waals surface area contributed by atoms with Crippen molar-refractivity contribution in [3.05, 3.63) is 35.6 Å². The SMILES string of the molecule is CC1(Cc2ccccc2F)C(N)=NC(=O)N1C1CC1. The number of benzene rings is 1. The lowest BCUT2D eigenvalue weighted by Gasteiger charge is -2.35. The molecule has 0 aromatic heterocycles. The van der Waals surface area contributed by atoms with Crippen LogP contribution in [0.25, 0.3) is 0 Å². The van der Waals surface area contributed by atoms with Gasteiger partial charge in [-0.15, -0.1) is 0 Å². The minimum absolute atomic E-state index is 0.203. The zero-order chi connectivity index (χ0) is 13.6. The summed E-state index contributed by atoms with van der Waals surface area (Å²) in [4.78, 5) is 17.5. The van der Waals surface area contributed by atoms with Crippen LogP contribution in [0.15, 0.2) is 29.3 Å². The van der Waals surface area contributed by atoms with Gasteiger partial charge in [0.15, 0.2) is 0 Å². The Hall–Kier alpha value is -1.91. The first kappa shape index (κ1) is 12.1. The molecule has 0 radical (unpaired) electrons. The summed E-state index contributed by atoms with van der Waals surface area (Å²) < 4.78 is 13.8. The highest BCUT2D eigenvalue weighted by molar-refractivity contribution is 6.06. The summed E-state index contributed by atoms with van der Waals surface area (Å²) in [7, 11) is 0. The maximum Gasteiger partial charge on any atom is 0.346 e. The van der Waals surface area contributed by atoms with Gasteiger partial charge in [-0.25, -0.2) is 9.18 Å². The summed E-state index contributed by atoms with van der Waals surface area (Å²) >= 11 is 0. The molecule has 1 heterocycles. The van der Waals surface area contributed by atoms with Crippen LogP contribution in [0.2, 0.25) is 0 Å². The second-order valence-corrected chi connectivity index (χ2v) is 5.42. The van der Waals surface area contributed by atoms with Gasteiger partial charge >= 0.3 is 6.03 Å². The number of hydrogen-bond donors (Lipinski definition) is 1. The van der Waals surface area contributed by atoms with Crippen molar-refractivity contribution < 1.29 is 9.18 Å². The lowest BCUT2D eigenvalue weighted by molar-refractivity contribution is 0.172. The zero-order valence-corrected chi connectivity index (χ0v) is 10.8. The van der Waals surface area contributed by atoms with E-state index in [0.717, 1.165) is 12.8 Å². The molecule has 1 aromatic carbocycles. The van der Waals surface area contributed by atoms with Crippen LogP contribution in [0.1, 0.15) is 25.3 Å². The first-order valence-electron chi connectivity index (χ1n) is 6.44. The van der Waals surface area contributed by atoms with E-state index in [4.69, 9.17) is 5.73 Å². The number of amides is 2. The van der Waals surface area contributed by atoms with Crippen LogP contribution in [-0.4, -0.2) is 28.3 Å². The summed E-state index contributed by atoms with van der Waals surface area (Å²) in [5, 5.41) is 0. The van der Waals surface area contributed by atoms with Gasteiger partial charge in [-0.3, -0.25) is 0 Å². The fraction of sp³-hybridized carbons (Fsp3) is 0.429. The maximum absolute atomic E-state index is 13.8. The lowest BCUT2D eigenvalue weighted by atomic mass is 9.90. The van der Waals surface area contributed by atoms with Crippen molar-refractivity contribution in [1.29, 1.82) is 0 Å². The van der Waals surface area contributed by atoms with Gasteiger partial charge in [0.1, 0.15) is 17.2 Å². The standard InChI is InChI=1S/C14H16FN3O/c1-14(8-9-4-2-3-5-11(9)15)12(16)17-13(19)18(14)10-6-7-10/h2-5,10H,6-8H2,1H3,(H2,16,17,19). The van der Waals surface area contributed by atoms with Crippen molar-refractivity contribution in [3.8, 4) is 0 Å². The van der Waals surface area contributed by atoms with Crippen molar-refractivity contribution in [3.63, 3.8) is 0 Å². The van der Waals surface area contributed by atoms with E-state index in [1.54, 1.807) is 23.1 Å². The monoisotopic (exact) mass is 261 g/mol. The molecule has 4 nitrogen and oxygen atoms in total. The fourth-order valence-corrected chi connectivity index (χ4v) is 2.69. The zero-order valence-electron chi connectivity index (χ0n) is 10.8. The van der Waals surface area contributed by atoms with Crippen LogP contribution in [0.3, 0.4) is 0 Å². The van der Waals surface area contributed by atoms with E-state index in [1.807, 2.05) is 6.92 Å². The number of nitrogens with zero attached hydrogens (tertiary/aromatic N) is 2. The van der Waals surface area contributed by atoms with Gasteiger partial charge < -0.3 is 10.6 Å². The summed E-state index contributed by atoms with van der Waals surface area (Å²) in [6, 6.07) is 6.49. The van der Waals surface area contributed by atoms with Gasteiger partial charge in [-0.1, -0.05) is 18.2 Å². The highest BCUT2D eigenvalue weighted by atomic mass is 19.1. The molecule has 1 aliphatic carbocycles. The van der Waals surface area contributed by atoms with Crippen LogP contribution < -0.4 is 5.73 Å². The van der Waals surface area contributed by atoms with E-state index >= 15 is 0 Å². The number of halogens is 1. The lowest BCUT2D eigenvalue weighted by Crippen LogP contribution is -2.54. The number of hydrogen-bond acceptors (Lipinski definition) is 2. The quantitative estimate of drug-likeness (QED) is 0.905. The molecule has 2 N–H and O–H groups in total. The molecule has 0 spiro atoms. The Morgan fingerprint density at radius 3 is 2.79 bits per heavy atom. The molecule has 1 unspecified atom stereocenters. The molecule has 100 valence electrons. The molecule has 1 aliphatic heterocycles. The molecule has 19 heavy (non-hydrogen) atoms. The molecule has 1 fully saturated rings. The summed E-state index contributed by atoms with van der Waals surface area (Å²) in [6.07, 6.45) is 2.31. The third-order valence-corrected chi connectivity index (χ3v) is 3.91. The Labute approximate surface area is 111 Å². The van der Waals surface area contributed by atoms with E-state index in [9.17, 15) is 9.18 Å². The summed E-state index contributed by atoms with van der Waals surface area (Å²) in [5.74, 6) is 0.0132. The maximum atomic E-state index is 13.8. The Kier molecular flexibility index (Phi) is 2.59. The Morgan fingerprint density at radius 1 is 1.47 bits per heavy atom. The number of amidine groups is 1. The molecule has 1 aromatic rings. The van der Waals surface area contributed by atoms with Crippen LogP contribution in [0, 0.1) is 5.82 Å². The van der Waals surface area contributed by atoms with E-state index in [1.165, 1.54) is 6.07 Å². The van der Waals surface area contributed by atoms with Crippen LogP contribution >= 0.6 is 0 Å². The predicted octanol–water partition coefficient (Wildman–Crippen LogP) is 2.08. The number of rotatable bonds is 3. The average Bonchev–Trinajstić information content (AvgIpc) is 3.13. The number of urea groups is 1. The Morgan fingerprint density at radius 2 is 2.16 bits per heavy atom. The fourth-order valence-electron chi connectivity index (χ4n) is 2.69. The Bertz CT molecular complexity index is 568. The first-order valence-corrected chi connectivity index (χ1v) is 6.44. The predicted molar refractivity (Wildman–Crippen MR) is 70.4 cm³/mol. The molecule has 3 rings (SSSR count). The number of nitrogens with two attached hydrogens (primary N) is 1. The van der Waals surface area contributed by atoms with Crippen LogP contribution in [0.5, 0.6) is 0 Å². The molecular weight excluding hydrogens is 245 g/mol. The van der Waals surface area contributed by atoms with E-state index in [2.05, 4.69) is 4.99 Å². The molecule has 0 saturated heterocycles. The highest BCUT2D eigenvalue weighted by Crippen LogP contribution is 2.38. The third-order valence-electron chi connectivity index (χ3n) is 3.91. The second-order valence-electron chi connectivity index (χ2n) is 5.42. The van der Waals surface area contributed by atoms with Crippen LogP contribution in [-0.2, 0) is 6.42 Å². The normalized spacial score (nSPS) is 26.7. The van der Waals surface area contributed by atoms with Gasteiger partial charge in [0.25, 0.3) is 0 Å². The molecule has 2 aliphatic rings. The topological polar surface area (TPSA) is 58.7 Å². The second kappa shape index (κ2) is 4.05. The minimum Gasteiger partial charge on any atom is -0.385 e. The molecule has 2 amide bonds. The van der Waals surface area contributed by atoms with E-state index < -0.39 is 5.54 Å². The van der Waals surface area contributed by atoms with E-state index in [-0.39, 0.29) is 23.7 Å². The molecule has 5 heteroatoms. The Balaban J connectivity index is 1.94. The molecular formula is C14H16FN3O. The van der Waals surface area contributed by atoms with Gasteiger partial charge in [0.05, 0.1) is 0 Å². The molecule has 0 bridgehead atoms. The summed E-state index contributed by atoms with van der Waals surface area (Å²) in [5.41, 5.74) is 5.77. The molecule has 1 atom stereocenters. The largest absolute Gasteiger partial charge is 0.385 e. The number of aliphatic imine (C=N–C) groups is 1. The van der Waals surface area contributed by atoms with Gasteiger partial charge in [-0.05, 0) is 31.4 Å². The van der Waals surface area contributed by atoms with Crippen molar-refractivity contribution in [1.82, 2.24) is 4.90 Å². The highest BCUT2D eigenvalue weighted by Gasteiger charge is 2.51. The van der Waals surface area contributed by atoms with Crippen molar-refractivity contribution in [2.75, 3.05) is 0 Å². The van der Waals surface area contributed by atoms with E-state index in [0.29, 0.717) is 12.0 Å². The average molecular weight is 261 g/mol. The summed E-state index contributed by atoms with van der Waals surface area (Å²) in [6.45, 7) is 1.86. The van der Waals surface area contributed by atoms with Crippen molar-refractivity contribution in [2.24, 2.45) is 10.7 Å². The first-order chi connectivity index (χ1) is 9.02. The van der Waals surface area contributed by atoms with Gasteiger partial charge in [0, 0.05) is 12.5 Å². The van der Waals surface area contributed by atoms with Crippen molar-refractivity contribution >= 4 is 11.9 Å². The molecule has 1 saturated carbocycles. The number of carbonyl (C=O) groups excluding carboxylic acids is 1. The van der Waals surface area contributed by atoms with Crippen molar-refractivity contribution in [2.45, 2.75) is 37.8 Å². The smallest absolute Gasteiger partial charge is 0.346 e.